The van der Waals surface area contributed by atoms with Gasteiger partial charge in [-0.05, 0) is 36.2 Å². The molecule has 0 saturated carbocycles. The molecule has 1 aromatic heterocycles. The van der Waals surface area contributed by atoms with Crippen LogP contribution >= 0.6 is 28.6 Å². The summed E-state index contributed by atoms with van der Waals surface area (Å²) in [5.74, 6) is 0.916. The lowest BCUT2D eigenvalue weighted by Crippen LogP contribution is -2.15. The summed E-state index contributed by atoms with van der Waals surface area (Å²) in [4.78, 5) is 4.28. The maximum Gasteiger partial charge on any atom is 0.110 e. The predicted octanol–water partition coefficient (Wildman–Crippen LogP) is 4.46. The number of rotatable bonds is 3. The van der Waals surface area contributed by atoms with Crippen molar-refractivity contribution in [3.05, 3.63) is 82.9 Å². The molecule has 1 heterocycles. The number of benzene rings is 2. The van der Waals surface area contributed by atoms with E-state index in [1.54, 1.807) is 6.20 Å². The van der Waals surface area contributed by atoms with Crippen LogP contribution in [0.4, 0.5) is 0 Å². The van der Waals surface area contributed by atoms with Crippen LogP contribution in [0.5, 0.6) is 0 Å². The average molecular weight is 379 g/mol. The summed E-state index contributed by atoms with van der Waals surface area (Å²) >= 11 is 6.17. The smallest absolute Gasteiger partial charge is 0.110 e. The molecular weight excluding hydrogens is 362 g/mol. The van der Waals surface area contributed by atoms with E-state index in [9.17, 15) is 0 Å². The predicted molar refractivity (Wildman–Crippen MR) is 96.1 cm³/mol. The van der Waals surface area contributed by atoms with Crippen molar-refractivity contribution < 1.29 is 0 Å². The minimum absolute atomic E-state index is 0. The highest BCUT2D eigenvalue weighted by Crippen LogP contribution is 2.28. The molecule has 3 aromatic rings. The largest absolute Gasteiger partial charge is 0.320 e. The Balaban J connectivity index is 0.00000176. The van der Waals surface area contributed by atoms with Crippen molar-refractivity contribution in [3.63, 3.8) is 0 Å². The maximum atomic E-state index is 6.45. The van der Waals surface area contributed by atoms with Gasteiger partial charge in [-0.3, -0.25) is 0 Å². The Morgan fingerprint density at radius 2 is 1.86 bits per heavy atom. The number of imidazole rings is 1. The molecule has 2 N–H and O–H groups in total. The van der Waals surface area contributed by atoms with Crippen LogP contribution < -0.4 is 5.73 Å². The number of halogens is 2. The van der Waals surface area contributed by atoms with Crippen LogP contribution in [-0.2, 0) is 0 Å². The van der Waals surface area contributed by atoms with Crippen LogP contribution in [0, 0.1) is 6.92 Å². The van der Waals surface area contributed by atoms with E-state index in [0.717, 1.165) is 22.6 Å². The van der Waals surface area contributed by atoms with Crippen LogP contribution in [0.25, 0.3) is 5.69 Å². The molecule has 3 nitrogen and oxygen atoms in total. The highest BCUT2D eigenvalue weighted by atomic mass is 79.9. The fraction of sp³-hybridized carbons (Fsp3) is 0.118. The van der Waals surface area contributed by atoms with Gasteiger partial charge in [-0.1, -0.05) is 41.9 Å². The highest BCUT2D eigenvalue weighted by Gasteiger charge is 2.15. The second-order valence-corrected chi connectivity index (χ2v) is 5.37. The van der Waals surface area contributed by atoms with Crippen molar-refractivity contribution in [2.75, 3.05) is 0 Å². The van der Waals surface area contributed by atoms with E-state index in [0.29, 0.717) is 5.02 Å². The lowest BCUT2D eigenvalue weighted by Gasteiger charge is -2.18. The molecule has 1 unspecified atom stereocenters. The monoisotopic (exact) mass is 377 g/mol. The van der Waals surface area contributed by atoms with Crippen LogP contribution in [0.3, 0.4) is 0 Å². The van der Waals surface area contributed by atoms with Gasteiger partial charge in [0.2, 0.25) is 0 Å². The fourth-order valence-electron chi connectivity index (χ4n) is 2.47. The van der Waals surface area contributed by atoms with Gasteiger partial charge in [-0.25, -0.2) is 4.98 Å². The first-order valence-corrected chi connectivity index (χ1v) is 7.15. The van der Waals surface area contributed by atoms with Crippen molar-refractivity contribution in [2.24, 2.45) is 5.73 Å². The van der Waals surface area contributed by atoms with Gasteiger partial charge in [0.05, 0.1) is 11.7 Å². The summed E-state index contributed by atoms with van der Waals surface area (Å²) in [5.41, 5.74) is 9.49. The molecule has 0 bridgehead atoms. The average Bonchev–Trinajstić information content (AvgIpc) is 2.93. The molecule has 1 atom stereocenters. The number of hydrogen-bond donors (Lipinski definition) is 1. The summed E-state index contributed by atoms with van der Waals surface area (Å²) in [5, 5.41) is 0.679. The molecule has 0 radical (unpaired) electrons. The Morgan fingerprint density at radius 1 is 1.14 bits per heavy atom. The van der Waals surface area contributed by atoms with Crippen LogP contribution in [-0.4, -0.2) is 9.55 Å². The van der Waals surface area contributed by atoms with E-state index in [2.05, 4.69) is 4.98 Å². The lowest BCUT2D eigenvalue weighted by molar-refractivity contribution is 0.843. The summed E-state index contributed by atoms with van der Waals surface area (Å²) in [6, 6.07) is 15.5. The standard InChI is InChI=1S/C17H16ClN3.BrH/c1-12-20-9-10-21(12)16-8-7-14(18)11-15(16)17(19)13-5-3-2-4-6-13;/h2-11,17H,19H2,1H3;1H. The van der Waals surface area contributed by atoms with Gasteiger partial charge in [-0.2, -0.15) is 0 Å². The zero-order valence-corrected chi connectivity index (χ0v) is 14.6. The quantitative estimate of drug-likeness (QED) is 0.731. The topological polar surface area (TPSA) is 43.8 Å². The molecule has 2 aromatic carbocycles. The molecule has 3 rings (SSSR count). The van der Waals surface area contributed by atoms with Gasteiger partial charge in [0.25, 0.3) is 0 Å². The molecule has 0 saturated heterocycles. The van der Waals surface area contributed by atoms with E-state index in [4.69, 9.17) is 17.3 Å². The van der Waals surface area contributed by atoms with E-state index in [1.807, 2.05) is 66.2 Å². The Bertz CT molecular complexity index is 756. The van der Waals surface area contributed by atoms with E-state index in [1.165, 1.54) is 0 Å². The third-order valence-corrected chi connectivity index (χ3v) is 3.80. The van der Waals surface area contributed by atoms with Crippen molar-refractivity contribution in [3.8, 4) is 5.69 Å². The second kappa shape index (κ2) is 7.09. The molecular formula is C17H17BrClN3. The molecule has 5 heteroatoms. The minimum atomic E-state index is -0.235. The Morgan fingerprint density at radius 3 is 2.50 bits per heavy atom. The summed E-state index contributed by atoms with van der Waals surface area (Å²) in [6.07, 6.45) is 3.71. The van der Waals surface area contributed by atoms with Gasteiger partial charge >= 0.3 is 0 Å². The van der Waals surface area contributed by atoms with Gasteiger partial charge in [0, 0.05) is 17.4 Å². The van der Waals surface area contributed by atoms with Crippen LogP contribution in [0.15, 0.2) is 60.9 Å². The molecule has 114 valence electrons. The first kappa shape index (κ1) is 16.7. The van der Waals surface area contributed by atoms with Crippen LogP contribution in [0.1, 0.15) is 23.0 Å². The highest BCUT2D eigenvalue weighted by molar-refractivity contribution is 8.93. The molecule has 0 amide bonds. The van der Waals surface area contributed by atoms with E-state index < -0.39 is 0 Å². The minimum Gasteiger partial charge on any atom is -0.320 e. The Kier molecular flexibility index (Phi) is 5.40. The van der Waals surface area contributed by atoms with E-state index in [-0.39, 0.29) is 23.0 Å². The summed E-state index contributed by atoms with van der Waals surface area (Å²) < 4.78 is 2.02. The van der Waals surface area contributed by atoms with Gasteiger partial charge in [-0.15, -0.1) is 17.0 Å². The first-order valence-electron chi connectivity index (χ1n) is 6.77. The van der Waals surface area contributed by atoms with Gasteiger partial charge < -0.3 is 10.3 Å². The lowest BCUT2D eigenvalue weighted by atomic mass is 9.98. The molecule has 0 fully saturated rings. The molecule has 0 aliphatic rings. The number of hydrogen-bond acceptors (Lipinski definition) is 2. The molecule has 0 aliphatic carbocycles. The summed E-state index contributed by atoms with van der Waals surface area (Å²) in [6.45, 7) is 1.96. The van der Waals surface area contributed by atoms with E-state index >= 15 is 0 Å². The van der Waals surface area contributed by atoms with Crippen molar-refractivity contribution in [1.82, 2.24) is 9.55 Å². The van der Waals surface area contributed by atoms with Gasteiger partial charge in [0.1, 0.15) is 5.82 Å². The first-order chi connectivity index (χ1) is 10.2. The van der Waals surface area contributed by atoms with Crippen LogP contribution in [0.2, 0.25) is 5.02 Å². The zero-order chi connectivity index (χ0) is 14.8. The van der Waals surface area contributed by atoms with Crippen molar-refractivity contribution >= 4 is 28.6 Å². The third-order valence-electron chi connectivity index (χ3n) is 3.57. The fourth-order valence-corrected chi connectivity index (χ4v) is 2.65. The molecule has 0 aliphatic heterocycles. The third kappa shape index (κ3) is 3.24. The van der Waals surface area contributed by atoms with Crippen molar-refractivity contribution in [2.45, 2.75) is 13.0 Å². The Hall–Kier alpha value is -1.62. The maximum absolute atomic E-state index is 6.45. The summed E-state index contributed by atoms with van der Waals surface area (Å²) in [7, 11) is 0. The normalized spacial score (nSPS) is 11.8. The zero-order valence-electron chi connectivity index (χ0n) is 12.1. The second-order valence-electron chi connectivity index (χ2n) is 4.94. The van der Waals surface area contributed by atoms with Gasteiger partial charge in [0.15, 0.2) is 0 Å². The number of nitrogens with two attached hydrogens (primary N) is 1. The molecule has 22 heavy (non-hydrogen) atoms. The molecule has 0 spiro atoms. The SMILES string of the molecule is Br.Cc1nccn1-c1ccc(Cl)cc1C(N)c1ccccc1. The van der Waals surface area contributed by atoms with Crippen molar-refractivity contribution in [1.29, 1.82) is 0 Å². The number of aryl methyl sites for hydroxylation is 1. The Labute approximate surface area is 145 Å². The number of nitrogens with zero attached hydrogens (tertiary/aromatic N) is 2. The number of aromatic nitrogens is 2.